The lowest BCUT2D eigenvalue weighted by atomic mass is 10.1. The molecule has 0 spiro atoms. The summed E-state index contributed by atoms with van der Waals surface area (Å²) in [5.74, 6) is 0.978. The number of hydrogen-bond acceptors (Lipinski definition) is 6. The fraction of sp³-hybridized carbons (Fsp3) is 0.182. The van der Waals surface area contributed by atoms with E-state index >= 15 is 0 Å². The SMILES string of the molecule is COc1c(C)nc(NC(=O)c2cccc3[nH]c(C)nc23)nc1NCc1cccc(F)c1. The van der Waals surface area contributed by atoms with E-state index in [0.717, 1.165) is 16.9 Å². The molecule has 4 rings (SSSR count). The molecule has 3 N–H and O–H groups in total. The van der Waals surface area contributed by atoms with Crippen LogP contribution in [0.25, 0.3) is 11.0 Å². The zero-order chi connectivity index (χ0) is 22.0. The number of aromatic nitrogens is 4. The Balaban J connectivity index is 1.60. The first kappa shape index (κ1) is 20.3. The van der Waals surface area contributed by atoms with Gasteiger partial charge in [0.05, 0.1) is 23.9 Å². The van der Waals surface area contributed by atoms with Crippen LogP contribution >= 0.6 is 0 Å². The fourth-order valence-corrected chi connectivity index (χ4v) is 3.32. The number of benzene rings is 2. The van der Waals surface area contributed by atoms with E-state index < -0.39 is 0 Å². The lowest BCUT2D eigenvalue weighted by Gasteiger charge is -2.14. The highest BCUT2D eigenvalue weighted by molar-refractivity contribution is 6.11. The number of nitrogens with zero attached hydrogens (tertiary/aromatic N) is 3. The maximum absolute atomic E-state index is 13.5. The predicted octanol–water partition coefficient (Wildman–Crippen LogP) is 3.98. The maximum Gasteiger partial charge on any atom is 0.260 e. The summed E-state index contributed by atoms with van der Waals surface area (Å²) in [7, 11) is 1.51. The Morgan fingerprint density at radius 2 is 1.94 bits per heavy atom. The van der Waals surface area contributed by atoms with E-state index in [4.69, 9.17) is 4.74 Å². The Bertz CT molecular complexity index is 1270. The Morgan fingerprint density at radius 1 is 1.13 bits per heavy atom. The van der Waals surface area contributed by atoms with E-state index in [1.54, 1.807) is 31.2 Å². The van der Waals surface area contributed by atoms with Crippen molar-refractivity contribution < 1.29 is 13.9 Å². The average molecular weight is 420 g/mol. The number of imidazole rings is 1. The molecule has 0 aliphatic carbocycles. The number of H-pyrrole nitrogens is 1. The molecule has 2 heterocycles. The molecule has 0 unspecified atom stereocenters. The monoisotopic (exact) mass is 420 g/mol. The third kappa shape index (κ3) is 4.30. The highest BCUT2D eigenvalue weighted by Crippen LogP contribution is 2.27. The minimum absolute atomic E-state index is 0.120. The summed E-state index contributed by atoms with van der Waals surface area (Å²) in [4.78, 5) is 29.1. The molecule has 2 aromatic carbocycles. The molecule has 158 valence electrons. The second-order valence-corrected chi connectivity index (χ2v) is 6.98. The zero-order valence-corrected chi connectivity index (χ0v) is 17.3. The number of carbonyl (C=O) groups is 1. The minimum Gasteiger partial charge on any atom is -0.491 e. The van der Waals surface area contributed by atoms with Crippen molar-refractivity contribution in [2.75, 3.05) is 17.7 Å². The van der Waals surface area contributed by atoms with Gasteiger partial charge in [0, 0.05) is 6.54 Å². The van der Waals surface area contributed by atoms with Gasteiger partial charge in [0.2, 0.25) is 5.95 Å². The summed E-state index contributed by atoms with van der Waals surface area (Å²) in [5, 5.41) is 5.85. The second kappa shape index (κ2) is 8.39. The normalized spacial score (nSPS) is 10.8. The smallest absolute Gasteiger partial charge is 0.260 e. The highest BCUT2D eigenvalue weighted by atomic mass is 19.1. The quantitative estimate of drug-likeness (QED) is 0.436. The van der Waals surface area contributed by atoms with Gasteiger partial charge in [0.25, 0.3) is 5.91 Å². The van der Waals surface area contributed by atoms with Crippen LogP contribution in [0.3, 0.4) is 0 Å². The number of rotatable bonds is 6. The Labute approximate surface area is 177 Å². The van der Waals surface area contributed by atoms with Crippen LogP contribution in [-0.2, 0) is 6.54 Å². The van der Waals surface area contributed by atoms with Crippen molar-refractivity contribution in [1.29, 1.82) is 0 Å². The van der Waals surface area contributed by atoms with Crippen molar-refractivity contribution >= 4 is 28.7 Å². The summed E-state index contributed by atoms with van der Waals surface area (Å²) in [6.07, 6.45) is 0. The first-order chi connectivity index (χ1) is 14.9. The largest absolute Gasteiger partial charge is 0.491 e. The van der Waals surface area contributed by atoms with E-state index in [0.29, 0.717) is 34.9 Å². The number of halogens is 1. The van der Waals surface area contributed by atoms with E-state index in [-0.39, 0.29) is 17.7 Å². The molecule has 0 saturated heterocycles. The topological polar surface area (TPSA) is 105 Å². The molecule has 31 heavy (non-hydrogen) atoms. The number of aryl methyl sites for hydroxylation is 2. The maximum atomic E-state index is 13.5. The van der Waals surface area contributed by atoms with Gasteiger partial charge >= 0.3 is 0 Å². The molecule has 0 fully saturated rings. The number of nitrogens with one attached hydrogen (secondary N) is 3. The number of amides is 1. The van der Waals surface area contributed by atoms with Gasteiger partial charge in [-0.25, -0.2) is 14.4 Å². The van der Waals surface area contributed by atoms with Crippen LogP contribution in [0.4, 0.5) is 16.2 Å². The highest BCUT2D eigenvalue weighted by Gasteiger charge is 2.17. The van der Waals surface area contributed by atoms with Gasteiger partial charge in [-0.05, 0) is 43.7 Å². The van der Waals surface area contributed by atoms with Gasteiger partial charge in [-0.1, -0.05) is 18.2 Å². The number of ether oxygens (including phenoxy) is 1. The molecule has 9 heteroatoms. The van der Waals surface area contributed by atoms with Crippen molar-refractivity contribution in [3.8, 4) is 5.75 Å². The molecule has 2 aromatic heterocycles. The van der Waals surface area contributed by atoms with Crippen LogP contribution in [0.2, 0.25) is 0 Å². The Morgan fingerprint density at radius 3 is 2.71 bits per heavy atom. The number of carbonyl (C=O) groups excluding carboxylic acids is 1. The number of aromatic amines is 1. The summed E-state index contributed by atoms with van der Waals surface area (Å²) in [6.45, 7) is 3.90. The predicted molar refractivity (Wildman–Crippen MR) is 116 cm³/mol. The third-order valence-electron chi connectivity index (χ3n) is 4.69. The summed E-state index contributed by atoms with van der Waals surface area (Å²) >= 11 is 0. The van der Waals surface area contributed by atoms with Crippen LogP contribution in [0.5, 0.6) is 5.75 Å². The van der Waals surface area contributed by atoms with Crippen LogP contribution in [0.1, 0.15) is 27.4 Å². The van der Waals surface area contributed by atoms with Crippen molar-refractivity contribution in [3.05, 3.63) is 70.9 Å². The van der Waals surface area contributed by atoms with Gasteiger partial charge in [0.1, 0.15) is 17.2 Å². The average Bonchev–Trinajstić information content (AvgIpc) is 3.12. The third-order valence-corrected chi connectivity index (χ3v) is 4.69. The van der Waals surface area contributed by atoms with Crippen molar-refractivity contribution in [1.82, 2.24) is 19.9 Å². The second-order valence-electron chi connectivity index (χ2n) is 6.98. The molecule has 0 atom stereocenters. The van der Waals surface area contributed by atoms with E-state index in [1.807, 2.05) is 13.0 Å². The number of hydrogen-bond donors (Lipinski definition) is 3. The Hall–Kier alpha value is -4.01. The van der Waals surface area contributed by atoms with Crippen LogP contribution in [0, 0.1) is 19.7 Å². The lowest BCUT2D eigenvalue weighted by Crippen LogP contribution is -2.16. The van der Waals surface area contributed by atoms with E-state index in [1.165, 1.54) is 19.2 Å². The number of anilines is 2. The van der Waals surface area contributed by atoms with Crippen LogP contribution in [-0.4, -0.2) is 33.0 Å². The van der Waals surface area contributed by atoms with Gasteiger partial charge in [-0.2, -0.15) is 4.98 Å². The fourth-order valence-electron chi connectivity index (χ4n) is 3.32. The zero-order valence-electron chi connectivity index (χ0n) is 17.3. The van der Waals surface area contributed by atoms with Crippen LogP contribution < -0.4 is 15.4 Å². The molecule has 0 aliphatic heterocycles. The number of methoxy groups -OCH3 is 1. The molecule has 4 aromatic rings. The molecule has 0 radical (unpaired) electrons. The molecule has 8 nitrogen and oxygen atoms in total. The summed E-state index contributed by atoms with van der Waals surface area (Å²) in [6, 6.07) is 11.6. The summed E-state index contributed by atoms with van der Waals surface area (Å²) in [5.41, 5.74) is 3.04. The molecular weight excluding hydrogens is 399 g/mol. The van der Waals surface area contributed by atoms with Gasteiger partial charge < -0.3 is 15.0 Å². The van der Waals surface area contributed by atoms with E-state index in [2.05, 4.69) is 30.6 Å². The van der Waals surface area contributed by atoms with Crippen molar-refractivity contribution in [2.45, 2.75) is 20.4 Å². The van der Waals surface area contributed by atoms with Crippen molar-refractivity contribution in [2.24, 2.45) is 0 Å². The lowest BCUT2D eigenvalue weighted by molar-refractivity contribution is 0.102. The molecule has 1 amide bonds. The van der Waals surface area contributed by atoms with E-state index in [9.17, 15) is 9.18 Å². The Kier molecular flexibility index (Phi) is 5.48. The standard InChI is InChI=1S/C22H21FN6O2/c1-12-19(31-3)20(24-11-14-6-4-7-15(23)10-14)28-22(25-12)29-21(30)16-8-5-9-17-18(16)27-13(2)26-17/h4-10H,11H2,1-3H3,(H,26,27)(H2,24,25,28,29,30). The first-order valence-electron chi connectivity index (χ1n) is 9.62. The first-order valence-corrected chi connectivity index (χ1v) is 9.62. The van der Waals surface area contributed by atoms with Crippen molar-refractivity contribution in [3.63, 3.8) is 0 Å². The number of fused-ring (bicyclic) bond motifs is 1. The molecular formula is C22H21FN6O2. The van der Waals surface area contributed by atoms with Gasteiger partial charge in [0.15, 0.2) is 11.6 Å². The van der Waals surface area contributed by atoms with Gasteiger partial charge in [-0.15, -0.1) is 0 Å². The van der Waals surface area contributed by atoms with Crippen LogP contribution in [0.15, 0.2) is 42.5 Å². The summed E-state index contributed by atoms with van der Waals surface area (Å²) < 4.78 is 18.9. The van der Waals surface area contributed by atoms with Gasteiger partial charge in [-0.3, -0.25) is 10.1 Å². The molecule has 0 bridgehead atoms. The number of para-hydroxylation sites is 1. The minimum atomic E-state index is -0.377. The molecule has 0 aliphatic rings. The molecule has 0 saturated carbocycles.